The second-order valence-electron chi connectivity index (χ2n) is 1.91. The van der Waals surface area contributed by atoms with Gasteiger partial charge in [-0.3, -0.25) is 0 Å². The highest BCUT2D eigenvalue weighted by Gasteiger charge is 1.94. The van der Waals surface area contributed by atoms with Crippen LogP contribution < -0.4 is 0 Å². The molecule has 0 bridgehead atoms. The highest BCUT2D eigenvalue weighted by molar-refractivity contribution is 14.1. The molecule has 0 aromatic heterocycles. The van der Waals surface area contributed by atoms with Crippen molar-refractivity contribution in [3.63, 3.8) is 0 Å². The van der Waals surface area contributed by atoms with Gasteiger partial charge in [-0.2, -0.15) is 0 Å². The Morgan fingerprint density at radius 3 is 2.00 bits per heavy atom. The maximum Gasteiger partial charge on any atom is 0.0474 e. The third-order valence-corrected chi connectivity index (χ3v) is 2.63. The fraction of sp³-hybridized carbons (Fsp3) is 0.143. The number of rotatable bonds is 1. The molecule has 0 amide bonds. The van der Waals surface area contributed by atoms with Gasteiger partial charge < -0.3 is 0 Å². The molecule has 0 heterocycles. The van der Waals surface area contributed by atoms with Gasteiger partial charge in [0.2, 0.25) is 0 Å². The smallest absolute Gasteiger partial charge is 0.0474 e. The molecular weight excluding hydrogens is 373 g/mol. The lowest BCUT2D eigenvalue weighted by Gasteiger charge is -1.97. The minimum absolute atomic E-state index is 0.604. The zero-order valence-electron chi connectivity index (χ0n) is 5.07. The van der Waals surface area contributed by atoms with E-state index in [-0.39, 0.29) is 0 Å². The van der Waals surface area contributed by atoms with E-state index in [9.17, 15) is 0 Å². The lowest BCUT2D eigenvalue weighted by atomic mass is 10.2. The summed E-state index contributed by atoms with van der Waals surface area (Å²) < 4.78 is 2.50. The SMILES string of the molecule is ClCc1cc(I)cc(I)c1. The van der Waals surface area contributed by atoms with Gasteiger partial charge in [-0.15, -0.1) is 11.6 Å². The first kappa shape index (κ1) is 9.06. The molecule has 0 nitrogen and oxygen atoms in total. The van der Waals surface area contributed by atoms with Gasteiger partial charge in [-0.05, 0) is 68.9 Å². The van der Waals surface area contributed by atoms with Crippen LogP contribution in [0.15, 0.2) is 18.2 Å². The summed E-state index contributed by atoms with van der Waals surface area (Å²) in [5.41, 5.74) is 1.19. The van der Waals surface area contributed by atoms with E-state index in [1.54, 1.807) is 0 Å². The third kappa shape index (κ3) is 2.54. The Morgan fingerprint density at radius 1 is 1.10 bits per heavy atom. The maximum atomic E-state index is 5.66. The second-order valence-corrected chi connectivity index (χ2v) is 4.67. The van der Waals surface area contributed by atoms with Gasteiger partial charge in [0, 0.05) is 13.0 Å². The Bertz CT molecular complexity index is 215. The van der Waals surface area contributed by atoms with E-state index in [4.69, 9.17) is 11.6 Å². The van der Waals surface area contributed by atoms with Crippen molar-refractivity contribution >= 4 is 56.8 Å². The molecule has 0 aliphatic carbocycles. The van der Waals surface area contributed by atoms with Gasteiger partial charge in [0.15, 0.2) is 0 Å². The lowest BCUT2D eigenvalue weighted by molar-refractivity contribution is 1.37. The number of halogens is 3. The van der Waals surface area contributed by atoms with E-state index in [2.05, 4.69) is 63.4 Å². The summed E-state index contributed by atoms with van der Waals surface area (Å²) in [4.78, 5) is 0. The van der Waals surface area contributed by atoms with Gasteiger partial charge in [-0.1, -0.05) is 0 Å². The molecule has 0 unspecified atom stereocenters. The molecule has 0 aliphatic rings. The van der Waals surface area contributed by atoms with Gasteiger partial charge in [0.25, 0.3) is 0 Å². The summed E-state index contributed by atoms with van der Waals surface area (Å²) in [5, 5.41) is 0. The van der Waals surface area contributed by atoms with E-state index in [0.717, 1.165) is 0 Å². The molecule has 0 fully saturated rings. The molecule has 1 aromatic rings. The van der Waals surface area contributed by atoms with Crippen molar-refractivity contribution in [1.29, 1.82) is 0 Å². The van der Waals surface area contributed by atoms with E-state index < -0.39 is 0 Å². The number of hydrogen-bond acceptors (Lipinski definition) is 0. The molecule has 0 saturated heterocycles. The molecule has 0 aliphatic heterocycles. The monoisotopic (exact) mass is 378 g/mol. The number of alkyl halides is 1. The Labute approximate surface area is 92.6 Å². The predicted octanol–water partition coefficient (Wildman–Crippen LogP) is 3.63. The lowest BCUT2D eigenvalue weighted by Crippen LogP contribution is -1.81. The zero-order valence-corrected chi connectivity index (χ0v) is 10.1. The normalized spacial score (nSPS) is 9.90. The van der Waals surface area contributed by atoms with Gasteiger partial charge >= 0.3 is 0 Å². The van der Waals surface area contributed by atoms with Gasteiger partial charge in [-0.25, -0.2) is 0 Å². The second kappa shape index (κ2) is 4.11. The molecule has 0 radical (unpaired) electrons. The van der Waals surface area contributed by atoms with Crippen molar-refractivity contribution in [2.75, 3.05) is 0 Å². The van der Waals surface area contributed by atoms with E-state index in [1.165, 1.54) is 12.7 Å². The van der Waals surface area contributed by atoms with Crippen LogP contribution in [-0.2, 0) is 5.88 Å². The fourth-order valence-corrected chi connectivity index (χ4v) is 2.91. The summed E-state index contributed by atoms with van der Waals surface area (Å²) in [6, 6.07) is 6.31. The Morgan fingerprint density at radius 2 is 1.60 bits per heavy atom. The van der Waals surface area contributed by atoms with Crippen LogP contribution in [0, 0.1) is 7.14 Å². The molecule has 54 valence electrons. The average molecular weight is 378 g/mol. The van der Waals surface area contributed by atoms with Gasteiger partial charge in [0.05, 0.1) is 0 Å². The van der Waals surface area contributed by atoms with Crippen LogP contribution >= 0.6 is 56.8 Å². The molecule has 0 atom stereocenters. The molecule has 0 N–H and O–H groups in total. The summed E-state index contributed by atoms with van der Waals surface area (Å²) >= 11 is 10.2. The average Bonchev–Trinajstić information content (AvgIpc) is 1.85. The van der Waals surface area contributed by atoms with E-state index in [0.29, 0.717) is 5.88 Å². The molecule has 10 heavy (non-hydrogen) atoms. The first-order chi connectivity index (χ1) is 4.72. The van der Waals surface area contributed by atoms with E-state index >= 15 is 0 Å². The minimum Gasteiger partial charge on any atom is -0.122 e. The van der Waals surface area contributed by atoms with Crippen LogP contribution in [0.25, 0.3) is 0 Å². The van der Waals surface area contributed by atoms with Crippen LogP contribution in [0.2, 0.25) is 0 Å². The van der Waals surface area contributed by atoms with Gasteiger partial charge in [0.1, 0.15) is 0 Å². The van der Waals surface area contributed by atoms with Crippen LogP contribution in [-0.4, -0.2) is 0 Å². The first-order valence-corrected chi connectivity index (χ1v) is 5.42. The van der Waals surface area contributed by atoms with Crippen LogP contribution in [0.3, 0.4) is 0 Å². The summed E-state index contributed by atoms with van der Waals surface area (Å²) in [5.74, 6) is 0.604. The topological polar surface area (TPSA) is 0 Å². The molecule has 1 aromatic carbocycles. The summed E-state index contributed by atoms with van der Waals surface area (Å²) in [7, 11) is 0. The van der Waals surface area contributed by atoms with Crippen LogP contribution in [0.4, 0.5) is 0 Å². The first-order valence-electron chi connectivity index (χ1n) is 2.73. The standard InChI is InChI=1S/C7H5ClI2/c8-4-5-1-6(9)3-7(10)2-5/h1-3H,4H2. The number of hydrogen-bond donors (Lipinski definition) is 0. The summed E-state index contributed by atoms with van der Waals surface area (Å²) in [6.45, 7) is 0. The highest BCUT2D eigenvalue weighted by Crippen LogP contribution is 2.15. The molecule has 1 rings (SSSR count). The molecule has 3 heteroatoms. The highest BCUT2D eigenvalue weighted by atomic mass is 127. The largest absolute Gasteiger partial charge is 0.122 e. The molecule has 0 spiro atoms. The third-order valence-electron chi connectivity index (χ3n) is 1.08. The van der Waals surface area contributed by atoms with Crippen molar-refractivity contribution < 1.29 is 0 Å². The molecular formula is C7H5ClI2. The predicted molar refractivity (Wildman–Crippen MR) is 61.4 cm³/mol. The quantitative estimate of drug-likeness (QED) is 0.517. The van der Waals surface area contributed by atoms with Crippen LogP contribution in [0.5, 0.6) is 0 Å². The van der Waals surface area contributed by atoms with Crippen molar-refractivity contribution in [2.24, 2.45) is 0 Å². The molecule has 0 saturated carbocycles. The maximum absolute atomic E-state index is 5.66. The number of benzene rings is 1. The van der Waals surface area contributed by atoms with Crippen molar-refractivity contribution in [3.8, 4) is 0 Å². The van der Waals surface area contributed by atoms with Crippen LogP contribution in [0.1, 0.15) is 5.56 Å². The minimum atomic E-state index is 0.604. The Kier molecular flexibility index (Phi) is 3.72. The fourth-order valence-electron chi connectivity index (χ4n) is 0.688. The van der Waals surface area contributed by atoms with Crippen molar-refractivity contribution in [2.45, 2.75) is 5.88 Å². The van der Waals surface area contributed by atoms with Crippen molar-refractivity contribution in [1.82, 2.24) is 0 Å². The zero-order chi connectivity index (χ0) is 7.56. The Hall–Kier alpha value is 0.970. The van der Waals surface area contributed by atoms with Crippen molar-refractivity contribution in [3.05, 3.63) is 30.9 Å². The van der Waals surface area contributed by atoms with E-state index in [1.807, 2.05) is 0 Å². The summed E-state index contributed by atoms with van der Waals surface area (Å²) in [6.07, 6.45) is 0. The Balaban J connectivity index is 3.06.